The van der Waals surface area contributed by atoms with Crippen molar-refractivity contribution in [2.45, 2.75) is 13.0 Å². The molecule has 0 bridgehead atoms. The van der Waals surface area contributed by atoms with Gasteiger partial charge < -0.3 is 14.8 Å². The van der Waals surface area contributed by atoms with Crippen LogP contribution in [0.2, 0.25) is 0 Å². The topological polar surface area (TPSA) is 30.5 Å². The lowest BCUT2D eigenvalue weighted by Crippen LogP contribution is -2.11. The number of hydrogen-bond donors (Lipinski definition) is 1. The predicted molar refractivity (Wildman–Crippen MR) is 82.5 cm³/mol. The van der Waals surface area contributed by atoms with E-state index in [9.17, 15) is 0 Å². The molecule has 3 nitrogen and oxygen atoms in total. The largest absolute Gasteiger partial charge is 0.493 e. The maximum absolute atomic E-state index is 5.34. The predicted octanol–water partition coefficient (Wildman–Crippen LogP) is 3.65. The summed E-state index contributed by atoms with van der Waals surface area (Å²) >= 11 is 0. The SMILES string of the molecule is CNC(C)c1ccc(-c2ccc(OC)c(OC)c2)cc1. The molecule has 2 aromatic rings. The lowest BCUT2D eigenvalue weighted by atomic mass is 10.0. The molecule has 0 radical (unpaired) electrons. The second-order valence-corrected chi connectivity index (χ2v) is 4.70. The Morgan fingerprint density at radius 1 is 0.850 bits per heavy atom. The van der Waals surface area contributed by atoms with Crippen molar-refractivity contribution >= 4 is 0 Å². The zero-order chi connectivity index (χ0) is 14.5. The second-order valence-electron chi connectivity index (χ2n) is 4.70. The van der Waals surface area contributed by atoms with Gasteiger partial charge in [-0.05, 0) is 42.8 Å². The Morgan fingerprint density at radius 3 is 2.00 bits per heavy atom. The van der Waals surface area contributed by atoms with Crippen molar-refractivity contribution in [3.05, 3.63) is 48.0 Å². The van der Waals surface area contributed by atoms with Crippen LogP contribution in [-0.2, 0) is 0 Å². The number of nitrogens with one attached hydrogen (secondary N) is 1. The summed E-state index contributed by atoms with van der Waals surface area (Å²) in [7, 11) is 5.26. The number of ether oxygens (including phenoxy) is 2. The standard InChI is InChI=1S/C17H21NO2/c1-12(18-2)13-5-7-14(8-6-13)15-9-10-16(19-3)17(11-15)20-4/h5-12,18H,1-4H3. The third kappa shape index (κ3) is 2.94. The molecule has 0 aliphatic rings. The van der Waals surface area contributed by atoms with Crippen LogP contribution >= 0.6 is 0 Å². The summed E-state index contributed by atoms with van der Waals surface area (Å²) in [6.07, 6.45) is 0. The first-order valence-electron chi connectivity index (χ1n) is 6.69. The molecule has 0 heterocycles. The van der Waals surface area contributed by atoms with E-state index in [4.69, 9.17) is 9.47 Å². The Morgan fingerprint density at radius 2 is 1.45 bits per heavy atom. The highest BCUT2D eigenvalue weighted by atomic mass is 16.5. The summed E-state index contributed by atoms with van der Waals surface area (Å²) in [6, 6.07) is 14.9. The van der Waals surface area contributed by atoms with Crippen LogP contribution in [0.15, 0.2) is 42.5 Å². The first-order valence-corrected chi connectivity index (χ1v) is 6.69. The summed E-state index contributed by atoms with van der Waals surface area (Å²) in [6.45, 7) is 2.14. The Kier molecular flexibility index (Phi) is 4.64. The third-order valence-corrected chi connectivity index (χ3v) is 3.56. The Labute approximate surface area is 120 Å². The highest BCUT2D eigenvalue weighted by Crippen LogP contribution is 2.32. The van der Waals surface area contributed by atoms with Crippen LogP contribution < -0.4 is 14.8 Å². The van der Waals surface area contributed by atoms with Gasteiger partial charge >= 0.3 is 0 Å². The molecule has 0 fully saturated rings. The van der Waals surface area contributed by atoms with Gasteiger partial charge in [0.25, 0.3) is 0 Å². The van der Waals surface area contributed by atoms with Gasteiger partial charge in [0.15, 0.2) is 11.5 Å². The van der Waals surface area contributed by atoms with Crippen molar-refractivity contribution in [2.75, 3.05) is 21.3 Å². The second kappa shape index (κ2) is 6.44. The lowest BCUT2D eigenvalue weighted by molar-refractivity contribution is 0.355. The van der Waals surface area contributed by atoms with Crippen LogP contribution in [0.1, 0.15) is 18.5 Å². The average Bonchev–Trinajstić information content (AvgIpc) is 2.53. The molecule has 0 aliphatic carbocycles. The molecule has 2 rings (SSSR count). The summed E-state index contributed by atoms with van der Waals surface area (Å²) in [4.78, 5) is 0. The third-order valence-electron chi connectivity index (χ3n) is 3.56. The van der Waals surface area contributed by atoms with E-state index in [0.29, 0.717) is 6.04 Å². The van der Waals surface area contributed by atoms with E-state index in [-0.39, 0.29) is 0 Å². The highest BCUT2D eigenvalue weighted by Gasteiger charge is 2.07. The van der Waals surface area contributed by atoms with E-state index in [1.165, 1.54) is 5.56 Å². The minimum atomic E-state index is 0.356. The first-order chi connectivity index (χ1) is 9.69. The van der Waals surface area contributed by atoms with Crippen molar-refractivity contribution in [3.8, 4) is 22.6 Å². The van der Waals surface area contributed by atoms with Gasteiger partial charge in [-0.3, -0.25) is 0 Å². The van der Waals surface area contributed by atoms with Crippen molar-refractivity contribution in [2.24, 2.45) is 0 Å². The van der Waals surface area contributed by atoms with Crippen LogP contribution in [0.4, 0.5) is 0 Å². The fraction of sp³-hybridized carbons (Fsp3) is 0.294. The average molecular weight is 271 g/mol. The van der Waals surface area contributed by atoms with Gasteiger partial charge in [-0.15, -0.1) is 0 Å². The molecule has 2 aromatic carbocycles. The van der Waals surface area contributed by atoms with Crippen LogP contribution in [0.3, 0.4) is 0 Å². The maximum Gasteiger partial charge on any atom is 0.161 e. The molecule has 0 aliphatic heterocycles. The highest BCUT2D eigenvalue weighted by molar-refractivity contribution is 5.67. The summed E-state index contributed by atoms with van der Waals surface area (Å²) < 4.78 is 10.6. The van der Waals surface area contributed by atoms with Gasteiger partial charge in [0, 0.05) is 6.04 Å². The summed E-state index contributed by atoms with van der Waals surface area (Å²) in [5, 5.41) is 3.24. The maximum atomic E-state index is 5.34. The van der Waals surface area contributed by atoms with Gasteiger partial charge in [-0.25, -0.2) is 0 Å². The van der Waals surface area contributed by atoms with Crippen LogP contribution in [0, 0.1) is 0 Å². The molecule has 20 heavy (non-hydrogen) atoms. The fourth-order valence-corrected chi connectivity index (χ4v) is 2.15. The Hall–Kier alpha value is -2.00. The van der Waals surface area contributed by atoms with E-state index in [0.717, 1.165) is 22.6 Å². The number of benzene rings is 2. The molecule has 0 spiro atoms. The quantitative estimate of drug-likeness (QED) is 0.900. The number of rotatable bonds is 5. The molecule has 0 aromatic heterocycles. The number of methoxy groups -OCH3 is 2. The van der Waals surface area contributed by atoms with E-state index < -0.39 is 0 Å². The Balaban J connectivity index is 2.32. The van der Waals surface area contributed by atoms with Crippen LogP contribution in [-0.4, -0.2) is 21.3 Å². The van der Waals surface area contributed by atoms with Crippen molar-refractivity contribution in [1.82, 2.24) is 5.32 Å². The molecule has 1 unspecified atom stereocenters. The minimum absolute atomic E-state index is 0.356. The van der Waals surface area contributed by atoms with Crippen molar-refractivity contribution in [1.29, 1.82) is 0 Å². The Bertz CT molecular complexity index is 564. The molecule has 0 saturated carbocycles. The molecule has 0 amide bonds. The minimum Gasteiger partial charge on any atom is -0.493 e. The molecule has 1 N–H and O–H groups in total. The van der Waals surface area contributed by atoms with E-state index in [1.807, 2.05) is 25.2 Å². The van der Waals surface area contributed by atoms with Crippen LogP contribution in [0.25, 0.3) is 11.1 Å². The first kappa shape index (κ1) is 14.4. The van der Waals surface area contributed by atoms with E-state index >= 15 is 0 Å². The summed E-state index contributed by atoms with van der Waals surface area (Å²) in [5.74, 6) is 1.49. The van der Waals surface area contributed by atoms with Gasteiger partial charge in [0.2, 0.25) is 0 Å². The van der Waals surface area contributed by atoms with Crippen LogP contribution in [0.5, 0.6) is 11.5 Å². The van der Waals surface area contributed by atoms with Gasteiger partial charge in [0.1, 0.15) is 0 Å². The molecule has 106 valence electrons. The zero-order valence-corrected chi connectivity index (χ0v) is 12.4. The summed E-state index contributed by atoms with van der Waals surface area (Å²) in [5.41, 5.74) is 3.56. The van der Waals surface area contributed by atoms with Crippen molar-refractivity contribution < 1.29 is 9.47 Å². The van der Waals surface area contributed by atoms with Crippen molar-refractivity contribution in [3.63, 3.8) is 0 Å². The molecular weight excluding hydrogens is 250 g/mol. The van der Waals surface area contributed by atoms with E-state index in [1.54, 1.807) is 14.2 Å². The van der Waals surface area contributed by atoms with Gasteiger partial charge in [-0.1, -0.05) is 30.3 Å². The molecular formula is C17H21NO2. The fourth-order valence-electron chi connectivity index (χ4n) is 2.15. The lowest BCUT2D eigenvalue weighted by Gasteiger charge is -2.12. The van der Waals surface area contributed by atoms with Gasteiger partial charge in [0.05, 0.1) is 14.2 Å². The number of hydrogen-bond acceptors (Lipinski definition) is 3. The smallest absolute Gasteiger partial charge is 0.161 e. The zero-order valence-electron chi connectivity index (χ0n) is 12.4. The molecule has 3 heteroatoms. The molecule has 1 atom stereocenters. The normalized spacial score (nSPS) is 12.0. The molecule has 0 saturated heterocycles. The van der Waals surface area contributed by atoms with Gasteiger partial charge in [-0.2, -0.15) is 0 Å². The monoisotopic (exact) mass is 271 g/mol. The van der Waals surface area contributed by atoms with E-state index in [2.05, 4.69) is 36.5 Å².